The van der Waals surface area contributed by atoms with Gasteiger partial charge in [-0.05, 0) is 31.0 Å². The topological polar surface area (TPSA) is 24.4 Å². The van der Waals surface area contributed by atoms with E-state index >= 15 is 0 Å². The van der Waals surface area contributed by atoms with Crippen LogP contribution in [-0.2, 0) is 0 Å². The summed E-state index contributed by atoms with van der Waals surface area (Å²) in [6, 6.07) is 6.18. The molecule has 0 aliphatic carbocycles. The third-order valence-corrected chi connectivity index (χ3v) is 1.59. The highest BCUT2D eigenvalue weighted by Crippen LogP contribution is 2.15. The Labute approximate surface area is 94.4 Å². The fraction of sp³-hybridized carbons (Fsp3) is 0.462. The van der Waals surface area contributed by atoms with Gasteiger partial charge in [0.25, 0.3) is 0 Å². The van der Waals surface area contributed by atoms with Gasteiger partial charge in [-0.1, -0.05) is 39.8 Å². The Hall–Kier alpha value is -1.31. The first kappa shape index (κ1) is 16.1. The zero-order chi connectivity index (χ0) is 12.3. The van der Waals surface area contributed by atoms with Crippen LogP contribution in [0.5, 0.6) is 0 Å². The van der Waals surface area contributed by atoms with E-state index in [1.807, 2.05) is 47.6 Å². The third-order valence-electron chi connectivity index (χ3n) is 1.59. The average molecular weight is 208 g/mol. The number of nitrogens with zero attached hydrogens (tertiary/aromatic N) is 1. The van der Waals surface area contributed by atoms with Crippen LogP contribution in [0.2, 0.25) is 0 Å². The van der Waals surface area contributed by atoms with Crippen molar-refractivity contribution in [2.75, 3.05) is 5.43 Å². The molecule has 0 saturated carbocycles. The van der Waals surface area contributed by atoms with Crippen molar-refractivity contribution in [3.8, 4) is 0 Å². The highest BCUT2D eigenvalue weighted by Gasteiger charge is 1.94. The quantitative estimate of drug-likeness (QED) is 0.566. The number of hydrazone groups is 1. The smallest absolute Gasteiger partial charge is 0.0593 e. The summed E-state index contributed by atoms with van der Waals surface area (Å²) >= 11 is 0. The standard InChI is InChI=1S/C9H12N2.2C2H6/c1-7-4-5-8(2)9(6-7)11-10-3;2*1-2/h4-6,11H,3H2,1-2H3;2*1-2H3. The summed E-state index contributed by atoms with van der Waals surface area (Å²) < 4.78 is 0. The Bertz CT molecular complexity index is 267. The molecule has 1 aromatic carbocycles. The minimum absolute atomic E-state index is 1.03. The van der Waals surface area contributed by atoms with Gasteiger partial charge in [0.15, 0.2) is 0 Å². The zero-order valence-corrected chi connectivity index (χ0v) is 10.9. The van der Waals surface area contributed by atoms with Gasteiger partial charge in [-0.2, -0.15) is 5.10 Å². The molecule has 0 atom stereocenters. The van der Waals surface area contributed by atoms with Gasteiger partial charge in [-0.25, -0.2) is 0 Å². The van der Waals surface area contributed by atoms with E-state index in [2.05, 4.69) is 29.4 Å². The van der Waals surface area contributed by atoms with E-state index < -0.39 is 0 Å². The predicted octanol–water partition coefficient (Wildman–Crippen LogP) is 4.38. The maximum absolute atomic E-state index is 3.61. The van der Waals surface area contributed by atoms with Crippen molar-refractivity contribution >= 4 is 12.4 Å². The van der Waals surface area contributed by atoms with Crippen molar-refractivity contribution in [2.24, 2.45) is 5.10 Å². The molecule has 0 saturated heterocycles. The Morgan fingerprint density at radius 1 is 1.07 bits per heavy atom. The van der Waals surface area contributed by atoms with Crippen LogP contribution in [0.25, 0.3) is 0 Å². The van der Waals surface area contributed by atoms with E-state index in [4.69, 9.17) is 0 Å². The summed E-state index contributed by atoms with van der Waals surface area (Å²) in [4.78, 5) is 0. The molecule has 0 amide bonds. The van der Waals surface area contributed by atoms with Crippen LogP contribution in [0.4, 0.5) is 5.69 Å². The Kier molecular flexibility index (Phi) is 11.6. The van der Waals surface area contributed by atoms with Gasteiger partial charge in [-0.15, -0.1) is 0 Å². The molecule has 0 aromatic heterocycles. The second-order valence-electron chi connectivity index (χ2n) is 2.59. The lowest BCUT2D eigenvalue weighted by Crippen LogP contribution is -1.90. The van der Waals surface area contributed by atoms with Crippen molar-refractivity contribution in [2.45, 2.75) is 41.5 Å². The summed E-state index contributed by atoms with van der Waals surface area (Å²) in [6.45, 7) is 15.4. The van der Waals surface area contributed by atoms with Crippen LogP contribution in [-0.4, -0.2) is 6.72 Å². The van der Waals surface area contributed by atoms with Gasteiger partial charge in [0.1, 0.15) is 0 Å². The summed E-state index contributed by atoms with van der Waals surface area (Å²) in [5.41, 5.74) is 6.27. The number of anilines is 1. The normalized spacial score (nSPS) is 7.60. The van der Waals surface area contributed by atoms with E-state index in [1.54, 1.807) is 0 Å². The maximum Gasteiger partial charge on any atom is 0.0593 e. The summed E-state index contributed by atoms with van der Waals surface area (Å²) in [7, 11) is 0. The molecule has 86 valence electrons. The molecule has 0 bridgehead atoms. The molecule has 0 fully saturated rings. The van der Waals surface area contributed by atoms with Gasteiger partial charge in [0, 0.05) is 6.72 Å². The Morgan fingerprint density at radius 2 is 1.60 bits per heavy atom. The van der Waals surface area contributed by atoms with Gasteiger partial charge < -0.3 is 0 Å². The number of nitrogens with one attached hydrogen (secondary N) is 1. The van der Waals surface area contributed by atoms with E-state index in [9.17, 15) is 0 Å². The van der Waals surface area contributed by atoms with Gasteiger partial charge in [0.2, 0.25) is 0 Å². The lowest BCUT2D eigenvalue weighted by Gasteiger charge is -2.04. The van der Waals surface area contributed by atoms with E-state index in [1.165, 1.54) is 11.1 Å². The molecule has 1 aromatic rings. The molecule has 1 N–H and O–H groups in total. The largest absolute Gasteiger partial charge is 0.279 e. The van der Waals surface area contributed by atoms with Crippen LogP contribution in [0.3, 0.4) is 0 Å². The van der Waals surface area contributed by atoms with Crippen molar-refractivity contribution in [1.29, 1.82) is 0 Å². The first-order chi connectivity index (χ1) is 7.24. The first-order valence-electron chi connectivity index (χ1n) is 5.53. The third kappa shape index (κ3) is 6.72. The average Bonchev–Trinajstić information content (AvgIpc) is 2.29. The number of hydrogen-bond acceptors (Lipinski definition) is 2. The maximum atomic E-state index is 3.61. The highest BCUT2D eigenvalue weighted by atomic mass is 15.3. The Morgan fingerprint density at radius 3 is 2.07 bits per heavy atom. The van der Waals surface area contributed by atoms with E-state index in [0.29, 0.717) is 0 Å². The summed E-state index contributed by atoms with van der Waals surface area (Å²) in [6.07, 6.45) is 0. The van der Waals surface area contributed by atoms with Crippen LogP contribution < -0.4 is 5.43 Å². The molecule has 0 heterocycles. The number of hydrogen-bond donors (Lipinski definition) is 1. The van der Waals surface area contributed by atoms with Crippen molar-refractivity contribution < 1.29 is 0 Å². The fourth-order valence-corrected chi connectivity index (χ4v) is 0.941. The van der Waals surface area contributed by atoms with E-state index in [0.717, 1.165) is 5.69 Å². The zero-order valence-electron chi connectivity index (χ0n) is 10.9. The second kappa shape index (κ2) is 10.8. The SMILES string of the molecule is C=NNc1cc(C)ccc1C.CC.CC. The molecular formula is C13H24N2. The number of rotatable bonds is 2. The molecule has 0 radical (unpaired) electrons. The monoisotopic (exact) mass is 208 g/mol. The highest BCUT2D eigenvalue weighted by molar-refractivity contribution is 5.52. The first-order valence-corrected chi connectivity index (χ1v) is 5.53. The minimum atomic E-state index is 1.03. The molecule has 0 spiro atoms. The lowest BCUT2D eigenvalue weighted by molar-refractivity contribution is 1.30. The van der Waals surface area contributed by atoms with Crippen LogP contribution >= 0.6 is 0 Å². The number of benzene rings is 1. The minimum Gasteiger partial charge on any atom is -0.279 e. The predicted molar refractivity (Wildman–Crippen MR) is 71.8 cm³/mol. The molecule has 2 nitrogen and oxygen atoms in total. The molecule has 0 aliphatic rings. The summed E-state index contributed by atoms with van der Waals surface area (Å²) in [5.74, 6) is 0. The van der Waals surface area contributed by atoms with Gasteiger partial charge >= 0.3 is 0 Å². The molecule has 15 heavy (non-hydrogen) atoms. The van der Waals surface area contributed by atoms with Crippen molar-refractivity contribution in [1.82, 2.24) is 0 Å². The fourth-order valence-electron chi connectivity index (χ4n) is 0.941. The molecule has 1 rings (SSSR count). The molecular weight excluding hydrogens is 184 g/mol. The van der Waals surface area contributed by atoms with Crippen molar-refractivity contribution in [3.63, 3.8) is 0 Å². The van der Waals surface area contributed by atoms with Gasteiger partial charge in [-0.3, -0.25) is 5.43 Å². The molecule has 0 aliphatic heterocycles. The van der Waals surface area contributed by atoms with E-state index in [-0.39, 0.29) is 0 Å². The van der Waals surface area contributed by atoms with Crippen molar-refractivity contribution in [3.05, 3.63) is 29.3 Å². The van der Waals surface area contributed by atoms with Gasteiger partial charge in [0.05, 0.1) is 5.69 Å². The molecule has 0 unspecified atom stereocenters. The van der Waals surface area contributed by atoms with Crippen LogP contribution in [0.1, 0.15) is 38.8 Å². The molecule has 2 heteroatoms. The van der Waals surface area contributed by atoms with Crippen LogP contribution in [0.15, 0.2) is 23.3 Å². The van der Waals surface area contributed by atoms with Crippen LogP contribution in [0, 0.1) is 13.8 Å². The Balaban J connectivity index is 0. The number of aryl methyl sites for hydroxylation is 2. The summed E-state index contributed by atoms with van der Waals surface area (Å²) in [5, 5.41) is 3.61. The second-order valence-corrected chi connectivity index (χ2v) is 2.59. The lowest BCUT2D eigenvalue weighted by atomic mass is 10.1.